The van der Waals surface area contributed by atoms with Crippen LogP contribution in [0.1, 0.15) is 52.4 Å². The minimum absolute atomic E-state index is 0.526. The van der Waals surface area contributed by atoms with E-state index in [0.29, 0.717) is 17.9 Å². The van der Waals surface area contributed by atoms with E-state index in [2.05, 4.69) is 49.7 Å². The number of nitrogens with one attached hydrogen (secondary N) is 1. The average molecular weight is 300 g/mol. The quantitative estimate of drug-likeness (QED) is 0.784. The van der Waals surface area contributed by atoms with Gasteiger partial charge in [0.25, 0.3) is 0 Å². The molecule has 1 aromatic heterocycles. The van der Waals surface area contributed by atoms with Crippen molar-refractivity contribution in [1.29, 1.82) is 0 Å². The highest BCUT2D eigenvalue weighted by Crippen LogP contribution is 2.25. The molecule has 0 aromatic carbocycles. The monoisotopic (exact) mass is 299 g/mol. The van der Waals surface area contributed by atoms with E-state index in [4.69, 9.17) is 11.6 Å². The van der Waals surface area contributed by atoms with Gasteiger partial charge in [0.05, 0.1) is 16.4 Å². The molecule has 0 aliphatic carbocycles. The van der Waals surface area contributed by atoms with Crippen molar-refractivity contribution in [1.82, 2.24) is 15.1 Å². The predicted octanol–water partition coefficient (Wildman–Crippen LogP) is 4.07. The van der Waals surface area contributed by atoms with Gasteiger partial charge in [-0.2, -0.15) is 5.10 Å². The Hall–Kier alpha value is -0.540. The van der Waals surface area contributed by atoms with Crippen molar-refractivity contribution in [2.45, 2.75) is 67.0 Å². The first-order chi connectivity index (χ1) is 9.35. The molecular weight excluding hydrogens is 270 g/mol. The van der Waals surface area contributed by atoms with Crippen molar-refractivity contribution in [3.05, 3.63) is 16.4 Å². The lowest BCUT2D eigenvalue weighted by Gasteiger charge is -2.21. The van der Waals surface area contributed by atoms with E-state index in [1.54, 1.807) is 0 Å². The maximum Gasteiger partial charge on any atom is 0.0847 e. The van der Waals surface area contributed by atoms with E-state index in [1.807, 2.05) is 6.92 Å². The van der Waals surface area contributed by atoms with E-state index >= 15 is 0 Å². The Labute approximate surface area is 129 Å². The van der Waals surface area contributed by atoms with Gasteiger partial charge in [-0.05, 0) is 45.1 Å². The minimum Gasteiger partial charge on any atom is -0.314 e. The molecule has 4 heteroatoms. The summed E-state index contributed by atoms with van der Waals surface area (Å²) >= 11 is 6.43. The molecule has 116 valence electrons. The van der Waals surface area contributed by atoms with Crippen LogP contribution in [0.3, 0.4) is 0 Å². The van der Waals surface area contributed by atoms with Gasteiger partial charge in [0.15, 0.2) is 0 Å². The number of hydrogen-bond acceptors (Lipinski definition) is 2. The summed E-state index contributed by atoms with van der Waals surface area (Å²) in [6.45, 7) is 15.0. The van der Waals surface area contributed by atoms with E-state index in [9.17, 15) is 0 Å². The molecule has 0 aliphatic rings. The summed E-state index contributed by atoms with van der Waals surface area (Å²) in [5.74, 6) is 1.31. The van der Waals surface area contributed by atoms with E-state index in [-0.39, 0.29) is 0 Å². The third-order valence-corrected chi connectivity index (χ3v) is 4.05. The Kier molecular flexibility index (Phi) is 7.04. The van der Waals surface area contributed by atoms with Gasteiger partial charge in [-0.15, -0.1) is 0 Å². The van der Waals surface area contributed by atoms with Crippen LogP contribution in [0.15, 0.2) is 0 Å². The van der Waals surface area contributed by atoms with Gasteiger partial charge in [-0.3, -0.25) is 4.68 Å². The highest BCUT2D eigenvalue weighted by atomic mass is 35.5. The third kappa shape index (κ3) is 5.10. The molecule has 1 aromatic rings. The molecule has 0 bridgehead atoms. The lowest BCUT2D eigenvalue weighted by Crippen LogP contribution is -2.31. The molecule has 0 saturated carbocycles. The van der Waals surface area contributed by atoms with Crippen LogP contribution in [-0.2, 0) is 13.0 Å². The molecule has 0 spiro atoms. The van der Waals surface area contributed by atoms with Crippen LogP contribution in [-0.4, -0.2) is 22.4 Å². The molecule has 0 saturated heterocycles. The van der Waals surface area contributed by atoms with Gasteiger partial charge in [0, 0.05) is 12.6 Å². The molecule has 1 heterocycles. The minimum atomic E-state index is 0.526. The van der Waals surface area contributed by atoms with Crippen molar-refractivity contribution in [2.75, 3.05) is 6.54 Å². The molecule has 0 fully saturated rings. The molecule has 0 amide bonds. The summed E-state index contributed by atoms with van der Waals surface area (Å²) in [6.07, 6.45) is 2.22. The Balaban J connectivity index is 2.82. The molecule has 3 nitrogen and oxygen atoms in total. The van der Waals surface area contributed by atoms with Crippen LogP contribution >= 0.6 is 11.6 Å². The Bertz CT molecular complexity index is 410. The predicted molar refractivity (Wildman–Crippen MR) is 87.4 cm³/mol. The standard InChI is InChI=1S/C16H30ClN3/c1-7-20-15(16(17)13(6)19-20)9-14(8-11(2)3)10-18-12(4)5/h11-12,14,18H,7-10H2,1-6H3. The Morgan fingerprint density at radius 2 is 1.90 bits per heavy atom. The van der Waals surface area contributed by atoms with E-state index in [0.717, 1.165) is 30.2 Å². The second kappa shape index (κ2) is 8.04. The van der Waals surface area contributed by atoms with Gasteiger partial charge < -0.3 is 5.32 Å². The molecule has 0 aliphatic heterocycles. The van der Waals surface area contributed by atoms with Gasteiger partial charge in [0.1, 0.15) is 0 Å². The molecule has 1 rings (SSSR count). The summed E-state index contributed by atoms with van der Waals surface area (Å²) in [4.78, 5) is 0. The molecule has 0 radical (unpaired) electrons. The largest absolute Gasteiger partial charge is 0.314 e. The second-order valence-corrected chi connectivity index (χ2v) is 6.80. The van der Waals surface area contributed by atoms with E-state index < -0.39 is 0 Å². The number of aromatic nitrogens is 2. The van der Waals surface area contributed by atoms with Crippen molar-refractivity contribution < 1.29 is 0 Å². The van der Waals surface area contributed by atoms with Crippen molar-refractivity contribution in [3.63, 3.8) is 0 Å². The first-order valence-electron chi connectivity index (χ1n) is 7.80. The summed E-state index contributed by atoms with van der Waals surface area (Å²) in [5.41, 5.74) is 2.14. The fourth-order valence-corrected chi connectivity index (χ4v) is 2.86. The summed E-state index contributed by atoms with van der Waals surface area (Å²) < 4.78 is 2.06. The fourth-order valence-electron chi connectivity index (χ4n) is 2.65. The first-order valence-corrected chi connectivity index (χ1v) is 8.18. The van der Waals surface area contributed by atoms with Gasteiger partial charge in [0.2, 0.25) is 0 Å². The lowest BCUT2D eigenvalue weighted by atomic mass is 9.92. The number of rotatable bonds is 8. The van der Waals surface area contributed by atoms with Gasteiger partial charge in [-0.25, -0.2) is 0 Å². The molecular formula is C16H30ClN3. The van der Waals surface area contributed by atoms with Crippen LogP contribution in [0.4, 0.5) is 0 Å². The smallest absolute Gasteiger partial charge is 0.0847 e. The van der Waals surface area contributed by atoms with Gasteiger partial charge in [-0.1, -0.05) is 39.3 Å². The average Bonchev–Trinajstić information content (AvgIpc) is 2.62. The zero-order valence-corrected chi connectivity index (χ0v) is 14.6. The molecule has 1 unspecified atom stereocenters. The maximum atomic E-state index is 6.43. The van der Waals surface area contributed by atoms with Crippen LogP contribution in [0.25, 0.3) is 0 Å². The van der Waals surface area contributed by atoms with Crippen LogP contribution in [0.5, 0.6) is 0 Å². The zero-order chi connectivity index (χ0) is 15.3. The number of hydrogen-bond donors (Lipinski definition) is 1. The molecule has 1 N–H and O–H groups in total. The summed E-state index contributed by atoms with van der Waals surface area (Å²) in [5, 5.41) is 8.93. The zero-order valence-electron chi connectivity index (χ0n) is 13.8. The Morgan fingerprint density at radius 3 is 2.40 bits per heavy atom. The topological polar surface area (TPSA) is 29.9 Å². The van der Waals surface area contributed by atoms with Crippen molar-refractivity contribution >= 4 is 11.6 Å². The van der Waals surface area contributed by atoms with Crippen LogP contribution in [0, 0.1) is 18.8 Å². The second-order valence-electron chi connectivity index (χ2n) is 6.42. The van der Waals surface area contributed by atoms with Crippen molar-refractivity contribution in [2.24, 2.45) is 11.8 Å². The highest BCUT2D eigenvalue weighted by molar-refractivity contribution is 6.31. The first kappa shape index (κ1) is 17.5. The molecule has 1 atom stereocenters. The Morgan fingerprint density at radius 1 is 1.25 bits per heavy atom. The number of nitrogens with zero attached hydrogens (tertiary/aromatic N) is 2. The van der Waals surface area contributed by atoms with Crippen LogP contribution in [0.2, 0.25) is 5.02 Å². The summed E-state index contributed by atoms with van der Waals surface area (Å²) in [6, 6.07) is 0.526. The van der Waals surface area contributed by atoms with Gasteiger partial charge >= 0.3 is 0 Å². The van der Waals surface area contributed by atoms with Crippen molar-refractivity contribution in [3.8, 4) is 0 Å². The maximum absolute atomic E-state index is 6.43. The van der Waals surface area contributed by atoms with Crippen LogP contribution < -0.4 is 5.32 Å². The number of aryl methyl sites for hydroxylation is 2. The fraction of sp³-hybridized carbons (Fsp3) is 0.812. The highest BCUT2D eigenvalue weighted by Gasteiger charge is 2.19. The molecule has 20 heavy (non-hydrogen) atoms. The third-order valence-electron chi connectivity index (χ3n) is 3.55. The lowest BCUT2D eigenvalue weighted by molar-refractivity contribution is 0.365. The summed E-state index contributed by atoms with van der Waals surface area (Å²) in [7, 11) is 0. The SMILES string of the molecule is CCn1nc(C)c(Cl)c1CC(CNC(C)C)CC(C)C. The normalized spacial score (nSPS) is 13.4. The number of halogens is 1. The van der Waals surface area contributed by atoms with E-state index in [1.165, 1.54) is 12.1 Å².